The minimum atomic E-state index is -1.82. The average molecular weight is 535 g/mol. The van der Waals surface area contributed by atoms with Crippen molar-refractivity contribution < 1.29 is 29.3 Å². The fraction of sp³-hybridized carbons (Fsp3) is 0.333. The van der Waals surface area contributed by atoms with Gasteiger partial charge in [0.05, 0.1) is 13.2 Å². The lowest BCUT2D eigenvalue weighted by molar-refractivity contribution is -0.159. The molecule has 4 rings (SSSR count). The lowest BCUT2D eigenvalue weighted by Crippen LogP contribution is -2.37. The van der Waals surface area contributed by atoms with Crippen LogP contribution in [0.3, 0.4) is 0 Å². The molecule has 2 aromatic carbocycles. The van der Waals surface area contributed by atoms with Crippen LogP contribution in [0.4, 0.5) is 0 Å². The molecule has 2 N–H and O–H groups in total. The van der Waals surface area contributed by atoms with Crippen LogP contribution < -0.4 is 4.74 Å². The summed E-state index contributed by atoms with van der Waals surface area (Å²) < 4.78 is 13.5. The van der Waals surface area contributed by atoms with Crippen LogP contribution in [0.25, 0.3) is 5.69 Å². The van der Waals surface area contributed by atoms with E-state index < -0.39 is 11.9 Å². The third-order valence-corrected chi connectivity index (χ3v) is 6.47. The van der Waals surface area contributed by atoms with E-state index in [2.05, 4.69) is 31.8 Å². The van der Waals surface area contributed by atoms with Crippen molar-refractivity contribution in [3.05, 3.63) is 64.9 Å². The van der Waals surface area contributed by atoms with E-state index in [-0.39, 0.29) is 0 Å². The van der Waals surface area contributed by atoms with Crippen molar-refractivity contribution in [2.75, 3.05) is 38.6 Å². The van der Waals surface area contributed by atoms with Crippen molar-refractivity contribution >= 4 is 35.3 Å². The Bertz CT molecular complexity index is 1140. The van der Waals surface area contributed by atoms with Crippen molar-refractivity contribution in [2.24, 2.45) is 0 Å². The molecule has 0 saturated carbocycles. The summed E-state index contributed by atoms with van der Waals surface area (Å²) in [6.07, 6.45) is 0. The van der Waals surface area contributed by atoms with Crippen molar-refractivity contribution in [1.82, 2.24) is 19.7 Å². The Hall–Kier alpha value is -3.12. The van der Waals surface area contributed by atoms with Crippen LogP contribution >= 0.6 is 23.4 Å². The number of para-hydroxylation sites is 1. The molecule has 1 aliphatic heterocycles. The van der Waals surface area contributed by atoms with Gasteiger partial charge in [0.1, 0.15) is 12.4 Å². The summed E-state index contributed by atoms with van der Waals surface area (Å²) in [6.45, 7) is 6.91. The van der Waals surface area contributed by atoms with Crippen LogP contribution in [-0.2, 0) is 20.9 Å². The summed E-state index contributed by atoms with van der Waals surface area (Å²) in [5.41, 5.74) is 2.01. The lowest BCUT2D eigenvalue weighted by Gasteiger charge is -2.26. The number of carboxylic acid groups (broad SMARTS) is 2. The maximum absolute atomic E-state index is 9.10. The second-order valence-electron chi connectivity index (χ2n) is 7.68. The zero-order valence-electron chi connectivity index (χ0n) is 19.7. The highest BCUT2D eigenvalue weighted by atomic mass is 35.5. The summed E-state index contributed by atoms with van der Waals surface area (Å²) in [4.78, 5) is 20.6. The van der Waals surface area contributed by atoms with Crippen molar-refractivity contribution in [3.63, 3.8) is 0 Å². The van der Waals surface area contributed by atoms with Gasteiger partial charge in [-0.05, 0) is 42.8 Å². The Kier molecular flexibility index (Phi) is 10.6. The molecule has 0 aliphatic carbocycles. The predicted octanol–water partition coefficient (Wildman–Crippen LogP) is 3.39. The smallest absolute Gasteiger partial charge is 0.414 e. The van der Waals surface area contributed by atoms with Gasteiger partial charge in [-0.1, -0.05) is 41.6 Å². The van der Waals surface area contributed by atoms with Crippen molar-refractivity contribution in [2.45, 2.75) is 18.7 Å². The number of thioether (sulfide) groups is 1. The molecular weight excluding hydrogens is 508 g/mol. The summed E-state index contributed by atoms with van der Waals surface area (Å²) in [5.74, 6) is -1.17. The zero-order valence-corrected chi connectivity index (χ0v) is 21.2. The fourth-order valence-electron chi connectivity index (χ4n) is 3.27. The van der Waals surface area contributed by atoms with E-state index in [1.165, 1.54) is 0 Å². The van der Waals surface area contributed by atoms with Gasteiger partial charge in [0.15, 0.2) is 11.0 Å². The maximum atomic E-state index is 9.10. The van der Waals surface area contributed by atoms with E-state index in [0.29, 0.717) is 6.61 Å². The number of aliphatic carboxylic acids is 2. The molecule has 0 spiro atoms. The molecule has 1 aliphatic rings. The number of hydrogen-bond donors (Lipinski definition) is 2. The highest BCUT2D eigenvalue weighted by Crippen LogP contribution is 2.25. The first-order chi connectivity index (χ1) is 17.3. The van der Waals surface area contributed by atoms with Gasteiger partial charge < -0.3 is 19.7 Å². The molecule has 1 aromatic heterocycles. The second-order valence-corrected chi connectivity index (χ2v) is 9.15. The Labute approximate surface area is 217 Å². The van der Waals surface area contributed by atoms with Gasteiger partial charge in [-0.2, -0.15) is 0 Å². The first-order valence-electron chi connectivity index (χ1n) is 11.1. The highest BCUT2D eigenvalue weighted by Gasteiger charge is 2.16. The van der Waals surface area contributed by atoms with Gasteiger partial charge in [-0.15, -0.1) is 10.2 Å². The third kappa shape index (κ3) is 8.23. The number of benzene rings is 2. The van der Waals surface area contributed by atoms with Gasteiger partial charge in [-0.25, -0.2) is 9.59 Å². The van der Waals surface area contributed by atoms with Gasteiger partial charge in [0.2, 0.25) is 0 Å². The molecule has 192 valence electrons. The molecule has 0 radical (unpaired) electrons. The Morgan fingerprint density at radius 3 is 2.42 bits per heavy atom. The Morgan fingerprint density at radius 1 is 1.08 bits per heavy atom. The van der Waals surface area contributed by atoms with Crippen molar-refractivity contribution in [1.29, 1.82) is 0 Å². The van der Waals surface area contributed by atoms with E-state index in [9.17, 15) is 0 Å². The minimum absolute atomic E-state index is 0.326. The second kappa shape index (κ2) is 13.8. The largest absolute Gasteiger partial charge is 0.486 e. The number of hydrogen-bond acceptors (Lipinski definition) is 8. The summed E-state index contributed by atoms with van der Waals surface area (Å²) in [6, 6.07) is 15.8. The van der Waals surface area contributed by atoms with Gasteiger partial charge in [0.25, 0.3) is 0 Å². The van der Waals surface area contributed by atoms with Gasteiger partial charge >= 0.3 is 11.9 Å². The number of carboxylic acids is 2. The highest BCUT2D eigenvalue weighted by molar-refractivity contribution is 7.99. The van der Waals surface area contributed by atoms with Crippen LogP contribution in [0, 0.1) is 6.92 Å². The van der Waals surface area contributed by atoms with Crippen LogP contribution in [0.5, 0.6) is 5.75 Å². The van der Waals surface area contributed by atoms with E-state index in [4.69, 9.17) is 40.9 Å². The fourth-order valence-corrected chi connectivity index (χ4v) is 4.36. The van der Waals surface area contributed by atoms with Crippen LogP contribution in [-0.4, -0.2) is 80.4 Å². The third-order valence-electron chi connectivity index (χ3n) is 5.14. The lowest BCUT2D eigenvalue weighted by atomic mass is 10.2. The number of carbonyl (C=O) groups is 2. The standard InChI is InChI=1S/C22H25ClN4O2S.C2H2O4/c1-17-15-19(7-8-20(17)23)29-16-21-24-25-22(27(21)18-5-3-2-4-6-18)30-14-11-26-9-12-28-13-10-26;3-1(4)2(5)6/h2-8,15H,9-14,16H2,1H3;(H,3,4)(H,5,6). The molecule has 0 unspecified atom stereocenters. The molecular formula is C24H27ClN4O6S. The number of ether oxygens (including phenoxy) is 2. The van der Waals surface area contributed by atoms with E-state index in [1.807, 2.05) is 43.3 Å². The van der Waals surface area contributed by atoms with E-state index >= 15 is 0 Å². The molecule has 1 fully saturated rings. The van der Waals surface area contributed by atoms with E-state index in [1.54, 1.807) is 11.8 Å². The van der Waals surface area contributed by atoms with E-state index in [0.717, 1.165) is 71.6 Å². The summed E-state index contributed by atoms with van der Waals surface area (Å²) in [5, 5.41) is 25.3. The number of aryl methyl sites for hydroxylation is 1. The van der Waals surface area contributed by atoms with Crippen molar-refractivity contribution in [3.8, 4) is 11.4 Å². The average Bonchev–Trinajstić information content (AvgIpc) is 3.29. The monoisotopic (exact) mass is 534 g/mol. The molecule has 3 aromatic rings. The molecule has 12 heteroatoms. The molecule has 2 heterocycles. The number of nitrogens with zero attached hydrogens (tertiary/aromatic N) is 4. The molecule has 0 amide bonds. The normalized spacial score (nSPS) is 13.5. The number of halogens is 1. The summed E-state index contributed by atoms with van der Waals surface area (Å²) >= 11 is 7.83. The SMILES string of the molecule is Cc1cc(OCc2nnc(SCCN3CCOCC3)n2-c2ccccc2)ccc1Cl.O=C(O)C(=O)O. The Morgan fingerprint density at radius 2 is 1.78 bits per heavy atom. The molecule has 36 heavy (non-hydrogen) atoms. The molecule has 10 nitrogen and oxygen atoms in total. The number of rotatable bonds is 8. The van der Waals surface area contributed by atoms with Crippen LogP contribution in [0.2, 0.25) is 5.02 Å². The maximum Gasteiger partial charge on any atom is 0.414 e. The minimum Gasteiger partial charge on any atom is -0.486 e. The zero-order chi connectivity index (χ0) is 25.9. The molecule has 0 atom stereocenters. The van der Waals surface area contributed by atoms with Crippen LogP contribution in [0.15, 0.2) is 53.7 Å². The first-order valence-corrected chi connectivity index (χ1v) is 12.5. The summed E-state index contributed by atoms with van der Waals surface area (Å²) in [7, 11) is 0. The van der Waals surface area contributed by atoms with Crippen LogP contribution in [0.1, 0.15) is 11.4 Å². The Balaban J connectivity index is 0.000000538. The van der Waals surface area contributed by atoms with Gasteiger partial charge in [-0.3, -0.25) is 9.47 Å². The predicted molar refractivity (Wildman–Crippen MR) is 135 cm³/mol. The molecule has 1 saturated heterocycles. The van der Waals surface area contributed by atoms with Gasteiger partial charge in [0, 0.05) is 36.1 Å². The molecule has 0 bridgehead atoms. The number of aromatic nitrogens is 3. The first kappa shape index (κ1) is 27.5. The number of morpholine rings is 1. The quantitative estimate of drug-likeness (QED) is 0.328. The topological polar surface area (TPSA) is 127 Å².